The van der Waals surface area contributed by atoms with E-state index in [0.29, 0.717) is 0 Å². The van der Waals surface area contributed by atoms with Crippen LogP contribution in [0.15, 0.2) is 6.58 Å². The lowest BCUT2D eigenvalue weighted by Crippen LogP contribution is -2.08. The Morgan fingerprint density at radius 1 is 1.54 bits per heavy atom. The maximum atomic E-state index is 12.2. The number of nitrogens with zero attached hydrogens (tertiary/aromatic N) is 2. The Bertz CT molecular complexity index is 340. The van der Waals surface area contributed by atoms with Crippen molar-refractivity contribution in [2.75, 3.05) is 0 Å². The fraction of sp³-hybridized carbons (Fsp3) is 0.286. The highest BCUT2D eigenvalue weighted by molar-refractivity contribution is 6.31. The van der Waals surface area contributed by atoms with E-state index in [-0.39, 0.29) is 10.7 Å². The van der Waals surface area contributed by atoms with Crippen LogP contribution in [0, 0.1) is 0 Å². The molecule has 6 heteroatoms. The van der Waals surface area contributed by atoms with Gasteiger partial charge in [0.15, 0.2) is 5.69 Å². The van der Waals surface area contributed by atoms with E-state index in [2.05, 4.69) is 11.7 Å². The molecular formula is C7H6ClF3N2. The molecule has 0 bridgehead atoms. The number of aryl methyl sites for hydroxylation is 1. The van der Waals surface area contributed by atoms with Crippen LogP contribution in [0.25, 0.3) is 6.08 Å². The number of hydrogen-bond donors (Lipinski definition) is 0. The summed E-state index contributed by atoms with van der Waals surface area (Å²) in [6.45, 7) is 3.24. The minimum Gasteiger partial charge on any atom is -0.256 e. The van der Waals surface area contributed by atoms with Gasteiger partial charge in [0.2, 0.25) is 0 Å². The number of hydrogen-bond acceptors (Lipinski definition) is 1. The Morgan fingerprint density at radius 2 is 2.08 bits per heavy atom. The third kappa shape index (κ3) is 1.70. The molecule has 0 saturated heterocycles. The Kier molecular flexibility index (Phi) is 2.38. The number of halogens is 4. The molecule has 0 spiro atoms. The third-order valence-corrected chi connectivity index (χ3v) is 1.93. The first-order valence-electron chi connectivity index (χ1n) is 3.30. The largest absolute Gasteiger partial charge is 0.435 e. The number of aromatic nitrogens is 2. The van der Waals surface area contributed by atoms with E-state index >= 15 is 0 Å². The molecule has 0 aliphatic heterocycles. The highest BCUT2D eigenvalue weighted by Gasteiger charge is 2.37. The van der Waals surface area contributed by atoms with Gasteiger partial charge in [0.25, 0.3) is 0 Å². The first-order chi connectivity index (χ1) is 5.88. The van der Waals surface area contributed by atoms with Crippen LogP contribution in [0.1, 0.15) is 11.3 Å². The molecule has 0 radical (unpaired) electrons. The first kappa shape index (κ1) is 10.1. The van der Waals surface area contributed by atoms with Crippen LogP contribution >= 0.6 is 11.6 Å². The number of alkyl halides is 3. The van der Waals surface area contributed by atoms with Gasteiger partial charge in [-0.15, -0.1) is 0 Å². The number of rotatable bonds is 1. The van der Waals surface area contributed by atoms with Gasteiger partial charge in [0.1, 0.15) is 5.15 Å². The highest BCUT2D eigenvalue weighted by atomic mass is 35.5. The molecule has 1 aromatic rings. The topological polar surface area (TPSA) is 17.8 Å². The molecular weight excluding hydrogens is 205 g/mol. The summed E-state index contributed by atoms with van der Waals surface area (Å²) in [4.78, 5) is 0. The van der Waals surface area contributed by atoms with Gasteiger partial charge < -0.3 is 0 Å². The van der Waals surface area contributed by atoms with E-state index in [0.717, 1.165) is 10.8 Å². The van der Waals surface area contributed by atoms with Crippen molar-refractivity contribution in [3.8, 4) is 0 Å². The van der Waals surface area contributed by atoms with Crippen LogP contribution in [-0.2, 0) is 13.2 Å². The molecule has 1 heterocycles. The van der Waals surface area contributed by atoms with Gasteiger partial charge in [-0.2, -0.15) is 18.3 Å². The predicted molar refractivity (Wildman–Crippen MR) is 43.3 cm³/mol. The standard InChI is InChI=1S/C7H6ClF3N2/c1-3-4-5(7(9,10)11)12-13(2)6(4)8/h3H,1H2,2H3. The van der Waals surface area contributed by atoms with Crippen molar-refractivity contribution in [2.45, 2.75) is 6.18 Å². The van der Waals surface area contributed by atoms with E-state index in [9.17, 15) is 13.2 Å². The molecule has 0 amide bonds. The van der Waals surface area contributed by atoms with Crippen LogP contribution in [0.4, 0.5) is 13.2 Å². The Labute approximate surface area is 77.6 Å². The smallest absolute Gasteiger partial charge is 0.256 e. The molecule has 0 aromatic carbocycles. The molecule has 0 fully saturated rings. The summed E-state index contributed by atoms with van der Waals surface area (Å²) in [5.41, 5.74) is -1.19. The summed E-state index contributed by atoms with van der Waals surface area (Å²) in [5, 5.41) is 3.17. The van der Waals surface area contributed by atoms with Crippen LogP contribution in [-0.4, -0.2) is 9.78 Å². The summed E-state index contributed by atoms with van der Waals surface area (Å²) >= 11 is 5.55. The van der Waals surface area contributed by atoms with Crippen molar-refractivity contribution in [3.05, 3.63) is 23.0 Å². The molecule has 0 atom stereocenters. The summed E-state index contributed by atoms with van der Waals surface area (Å²) in [5.74, 6) is 0. The molecule has 0 unspecified atom stereocenters. The summed E-state index contributed by atoms with van der Waals surface area (Å²) in [7, 11) is 1.34. The predicted octanol–water partition coefficient (Wildman–Crippen LogP) is 2.74. The Balaban J connectivity index is 3.38. The van der Waals surface area contributed by atoms with Crippen molar-refractivity contribution < 1.29 is 13.2 Å². The lowest BCUT2D eigenvalue weighted by molar-refractivity contribution is -0.141. The summed E-state index contributed by atoms with van der Waals surface area (Å²) in [6, 6.07) is 0. The zero-order valence-corrected chi connectivity index (χ0v) is 7.45. The molecule has 13 heavy (non-hydrogen) atoms. The van der Waals surface area contributed by atoms with Crippen LogP contribution in [0.5, 0.6) is 0 Å². The minimum atomic E-state index is -4.49. The zero-order valence-electron chi connectivity index (χ0n) is 6.69. The maximum Gasteiger partial charge on any atom is 0.435 e. The molecule has 0 N–H and O–H groups in total. The van der Waals surface area contributed by atoms with Crippen LogP contribution < -0.4 is 0 Å². The van der Waals surface area contributed by atoms with Crippen molar-refractivity contribution in [3.63, 3.8) is 0 Å². The first-order valence-corrected chi connectivity index (χ1v) is 3.68. The fourth-order valence-corrected chi connectivity index (χ4v) is 1.11. The van der Waals surface area contributed by atoms with Crippen LogP contribution in [0.2, 0.25) is 5.15 Å². The second-order valence-electron chi connectivity index (χ2n) is 2.38. The molecule has 72 valence electrons. The average molecular weight is 211 g/mol. The van der Waals surface area contributed by atoms with Crippen molar-refractivity contribution in [1.82, 2.24) is 9.78 Å². The average Bonchev–Trinajstić information content (AvgIpc) is 2.28. The van der Waals surface area contributed by atoms with Crippen LogP contribution in [0.3, 0.4) is 0 Å². The SMILES string of the molecule is C=Cc1c(C(F)(F)F)nn(C)c1Cl. The minimum absolute atomic E-state index is 0.0673. The molecule has 0 aliphatic rings. The Morgan fingerprint density at radius 3 is 2.38 bits per heavy atom. The third-order valence-electron chi connectivity index (χ3n) is 1.48. The lowest BCUT2D eigenvalue weighted by atomic mass is 10.2. The molecule has 2 nitrogen and oxygen atoms in total. The Hall–Kier alpha value is -0.970. The summed E-state index contributed by atoms with van der Waals surface area (Å²) in [6.07, 6.45) is -3.45. The molecule has 0 saturated carbocycles. The zero-order chi connectivity index (χ0) is 10.2. The second-order valence-corrected chi connectivity index (χ2v) is 2.74. The van der Waals surface area contributed by atoms with E-state index in [1.807, 2.05) is 0 Å². The van der Waals surface area contributed by atoms with E-state index in [1.165, 1.54) is 7.05 Å². The molecule has 1 rings (SSSR count). The van der Waals surface area contributed by atoms with E-state index in [4.69, 9.17) is 11.6 Å². The quantitative estimate of drug-likeness (QED) is 0.697. The van der Waals surface area contributed by atoms with Crippen molar-refractivity contribution in [1.29, 1.82) is 0 Å². The van der Waals surface area contributed by atoms with Gasteiger partial charge in [-0.05, 0) is 0 Å². The maximum absolute atomic E-state index is 12.2. The van der Waals surface area contributed by atoms with E-state index < -0.39 is 11.9 Å². The monoisotopic (exact) mass is 210 g/mol. The van der Waals surface area contributed by atoms with Gasteiger partial charge >= 0.3 is 6.18 Å². The fourth-order valence-electron chi connectivity index (χ4n) is 0.910. The summed E-state index contributed by atoms with van der Waals surface area (Å²) < 4.78 is 37.7. The highest BCUT2D eigenvalue weighted by Crippen LogP contribution is 2.34. The normalized spacial score (nSPS) is 11.8. The van der Waals surface area contributed by atoms with Gasteiger partial charge in [0, 0.05) is 12.6 Å². The van der Waals surface area contributed by atoms with Gasteiger partial charge in [-0.3, -0.25) is 4.68 Å². The van der Waals surface area contributed by atoms with Crippen molar-refractivity contribution in [2.24, 2.45) is 7.05 Å². The second kappa shape index (κ2) is 3.06. The molecule has 1 aromatic heterocycles. The van der Waals surface area contributed by atoms with Gasteiger partial charge in [0.05, 0.1) is 0 Å². The molecule has 0 aliphatic carbocycles. The lowest BCUT2D eigenvalue weighted by Gasteiger charge is -2.02. The van der Waals surface area contributed by atoms with E-state index in [1.54, 1.807) is 0 Å². The van der Waals surface area contributed by atoms with Gasteiger partial charge in [-0.25, -0.2) is 0 Å². The van der Waals surface area contributed by atoms with Crippen molar-refractivity contribution >= 4 is 17.7 Å². The van der Waals surface area contributed by atoms with Gasteiger partial charge in [-0.1, -0.05) is 24.3 Å².